The lowest BCUT2D eigenvalue weighted by Crippen LogP contribution is -2.41. The fraction of sp³-hybridized carbons (Fsp3) is 0.636. The number of aromatic amines is 1. The van der Waals surface area contributed by atoms with E-state index in [1.807, 2.05) is 25.9 Å². The Morgan fingerprint density at radius 3 is 2.71 bits per heavy atom. The van der Waals surface area contributed by atoms with Gasteiger partial charge in [0.05, 0.1) is 6.33 Å². The monoisotopic (exact) mass is 258 g/mol. The van der Waals surface area contributed by atoms with Crippen LogP contribution in [-0.2, 0) is 0 Å². The number of nitrogens with one attached hydrogen (secondary N) is 1. The number of hydrogen-bond donors (Lipinski definition) is 1. The van der Waals surface area contributed by atoms with E-state index in [0.717, 1.165) is 13.1 Å². The van der Waals surface area contributed by atoms with Gasteiger partial charge >= 0.3 is 0 Å². The molecule has 5 nitrogen and oxygen atoms in total. The molecule has 0 spiro atoms. The molecule has 1 aromatic heterocycles. The minimum atomic E-state index is -0.299. The zero-order chi connectivity index (χ0) is 13.0. The van der Waals surface area contributed by atoms with Gasteiger partial charge in [0.25, 0.3) is 5.56 Å². The van der Waals surface area contributed by atoms with E-state index in [1.165, 1.54) is 6.33 Å². The molecule has 1 aromatic rings. The molecule has 1 heterocycles. The van der Waals surface area contributed by atoms with Gasteiger partial charge in [0.1, 0.15) is 5.02 Å². The molecule has 0 bridgehead atoms. The predicted molar refractivity (Wildman–Crippen MR) is 70.9 cm³/mol. The van der Waals surface area contributed by atoms with Crippen molar-refractivity contribution >= 4 is 17.4 Å². The first-order valence-electron chi connectivity index (χ1n) is 5.61. The zero-order valence-electron chi connectivity index (χ0n) is 10.7. The standard InChI is InChI=1S/C11H19ClN4O/c1-5-16(8(2)6-15(3)4)10-9(12)11(17)14-7-13-10/h7-8H,5-6H2,1-4H3,(H,13,14,17). The van der Waals surface area contributed by atoms with Gasteiger partial charge in [-0.25, -0.2) is 4.98 Å². The molecule has 1 rings (SSSR count). The van der Waals surface area contributed by atoms with E-state index < -0.39 is 0 Å². The van der Waals surface area contributed by atoms with Gasteiger partial charge in [-0.15, -0.1) is 0 Å². The summed E-state index contributed by atoms with van der Waals surface area (Å²) in [7, 11) is 4.02. The average Bonchev–Trinajstić information content (AvgIpc) is 2.24. The fourth-order valence-electron chi connectivity index (χ4n) is 1.87. The van der Waals surface area contributed by atoms with Crippen molar-refractivity contribution in [3.63, 3.8) is 0 Å². The number of halogens is 1. The molecular weight excluding hydrogens is 240 g/mol. The molecule has 1 unspecified atom stereocenters. The quantitative estimate of drug-likeness (QED) is 0.862. The molecule has 17 heavy (non-hydrogen) atoms. The first-order valence-corrected chi connectivity index (χ1v) is 5.99. The van der Waals surface area contributed by atoms with Crippen molar-refractivity contribution in [2.24, 2.45) is 0 Å². The highest BCUT2D eigenvalue weighted by Gasteiger charge is 2.18. The number of hydrogen-bond acceptors (Lipinski definition) is 4. The molecule has 96 valence electrons. The number of likely N-dealkylation sites (N-methyl/N-ethyl adjacent to an activating group) is 2. The lowest BCUT2D eigenvalue weighted by Gasteiger charge is -2.31. The Hall–Kier alpha value is -1.07. The second-order valence-corrected chi connectivity index (χ2v) is 4.64. The van der Waals surface area contributed by atoms with Crippen molar-refractivity contribution in [3.05, 3.63) is 21.7 Å². The maximum atomic E-state index is 11.4. The molecule has 0 saturated heterocycles. The van der Waals surface area contributed by atoms with Crippen molar-refractivity contribution in [1.82, 2.24) is 14.9 Å². The van der Waals surface area contributed by atoms with Gasteiger partial charge in [0, 0.05) is 19.1 Å². The third-order valence-corrected chi connectivity index (χ3v) is 2.89. The molecule has 1 N–H and O–H groups in total. The summed E-state index contributed by atoms with van der Waals surface area (Å²) in [6.45, 7) is 5.73. The van der Waals surface area contributed by atoms with Crippen LogP contribution in [0, 0.1) is 0 Å². The van der Waals surface area contributed by atoms with Crippen LogP contribution in [0.3, 0.4) is 0 Å². The van der Waals surface area contributed by atoms with Crippen molar-refractivity contribution in [2.45, 2.75) is 19.9 Å². The Morgan fingerprint density at radius 1 is 1.53 bits per heavy atom. The van der Waals surface area contributed by atoms with Crippen LogP contribution in [0.15, 0.2) is 11.1 Å². The van der Waals surface area contributed by atoms with E-state index in [9.17, 15) is 4.79 Å². The average molecular weight is 259 g/mol. The third kappa shape index (κ3) is 3.44. The predicted octanol–water partition coefficient (Wildman–Crippen LogP) is 1.20. The molecule has 0 fully saturated rings. The van der Waals surface area contributed by atoms with Crippen molar-refractivity contribution in [3.8, 4) is 0 Å². The van der Waals surface area contributed by atoms with Crippen LogP contribution >= 0.6 is 11.6 Å². The summed E-state index contributed by atoms with van der Waals surface area (Å²) in [6, 6.07) is 0.238. The molecule has 0 saturated carbocycles. The van der Waals surface area contributed by atoms with Crippen molar-refractivity contribution in [1.29, 1.82) is 0 Å². The summed E-state index contributed by atoms with van der Waals surface area (Å²) < 4.78 is 0. The van der Waals surface area contributed by atoms with E-state index in [2.05, 4.69) is 21.8 Å². The van der Waals surface area contributed by atoms with Crippen LogP contribution < -0.4 is 10.5 Å². The maximum Gasteiger partial charge on any atom is 0.271 e. The second kappa shape index (κ2) is 6.02. The normalized spacial score (nSPS) is 12.8. The minimum absolute atomic E-state index is 0.153. The summed E-state index contributed by atoms with van der Waals surface area (Å²) in [6.07, 6.45) is 1.38. The number of anilines is 1. The largest absolute Gasteiger partial charge is 0.351 e. The number of rotatable bonds is 5. The van der Waals surface area contributed by atoms with Crippen LogP contribution in [-0.4, -0.2) is 48.1 Å². The second-order valence-electron chi connectivity index (χ2n) is 4.27. The summed E-state index contributed by atoms with van der Waals surface area (Å²) in [5.41, 5.74) is -0.299. The number of nitrogens with zero attached hydrogens (tertiary/aromatic N) is 3. The van der Waals surface area contributed by atoms with Gasteiger partial charge in [-0.05, 0) is 27.9 Å². The van der Waals surface area contributed by atoms with E-state index in [0.29, 0.717) is 5.82 Å². The Kier molecular flexibility index (Phi) is 4.96. The van der Waals surface area contributed by atoms with E-state index in [4.69, 9.17) is 11.6 Å². The van der Waals surface area contributed by atoms with Gasteiger partial charge in [-0.1, -0.05) is 11.6 Å². The van der Waals surface area contributed by atoms with Gasteiger partial charge in [0.2, 0.25) is 0 Å². The molecule has 0 aliphatic heterocycles. The highest BCUT2D eigenvalue weighted by atomic mass is 35.5. The fourth-order valence-corrected chi connectivity index (χ4v) is 2.08. The third-order valence-electron chi connectivity index (χ3n) is 2.55. The van der Waals surface area contributed by atoms with Gasteiger partial charge in [-0.3, -0.25) is 4.79 Å². The van der Waals surface area contributed by atoms with E-state index in [-0.39, 0.29) is 16.6 Å². The molecule has 0 aromatic carbocycles. The summed E-state index contributed by atoms with van der Waals surface area (Å²) in [5.74, 6) is 0.548. The molecular formula is C11H19ClN4O. The maximum absolute atomic E-state index is 11.4. The highest BCUT2D eigenvalue weighted by molar-refractivity contribution is 6.32. The Labute approximate surface area is 106 Å². The van der Waals surface area contributed by atoms with Crippen molar-refractivity contribution < 1.29 is 0 Å². The number of H-pyrrole nitrogens is 1. The lowest BCUT2D eigenvalue weighted by molar-refractivity contribution is 0.372. The Morgan fingerprint density at radius 2 is 2.18 bits per heavy atom. The molecule has 1 atom stereocenters. The SMILES string of the molecule is CCN(c1nc[nH]c(=O)c1Cl)C(C)CN(C)C. The highest BCUT2D eigenvalue weighted by Crippen LogP contribution is 2.20. The first-order chi connectivity index (χ1) is 7.97. The Balaban J connectivity index is 3.01. The molecule has 0 amide bonds. The molecule has 0 radical (unpaired) electrons. The van der Waals surface area contributed by atoms with Crippen LogP contribution in [0.1, 0.15) is 13.8 Å². The minimum Gasteiger partial charge on any atom is -0.351 e. The van der Waals surface area contributed by atoms with Crippen molar-refractivity contribution in [2.75, 3.05) is 32.1 Å². The van der Waals surface area contributed by atoms with Crippen LogP contribution in [0.25, 0.3) is 0 Å². The molecule has 6 heteroatoms. The van der Waals surface area contributed by atoms with Gasteiger partial charge in [0.15, 0.2) is 5.82 Å². The smallest absolute Gasteiger partial charge is 0.271 e. The molecule has 0 aliphatic rings. The first kappa shape index (κ1) is 14.0. The van der Waals surface area contributed by atoms with Crippen LogP contribution in [0.5, 0.6) is 0 Å². The molecule has 0 aliphatic carbocycles. The van der Waals surface area contributed by atoms with E-state index >= 15 is 0 Å². The van der Waals surface area contributed by atoms with E-state index in [1.54, 1.807) is 0 Å². The number of aromatic nitrogens is 2. The summed E-state index contributed by atoms with van der Waals surface area (Å²) in [5, 5.41) is 0.153. The summed E-state index contributed by atoms with van der Waals surface area (Å²) >= 11 is 5.99. The topological polar surface area (TPSA) is 52.2 Å². The Bertz CT molecular complexity index is 418. The van der Waals surface area contributed by atoms with Crippen LogP contribution in [0.2, 0.25) is 5.02 Å². The van der Waals surface area contributed by atoms with Crippen LogP contribution in [0.4, 0.5) is 5.82 Å². The lowest BCUT2D eigenvalue weighted by atomic mass is 10.2. The van der Waals surface area contributed by atoms with Gasteiger partial charge in [-0.2, -0.15) is 0 Å². The summed E-state index contributed by atoms with van der Waals surface area (Å²) in [4.78, 5) is 22.2. The van der Waals surface area contributed by atoms with Gasteiger partial charge < -0.3 is 14.8 Å². The zero-order valence-corrected chi connectivity index (χ0v) is 11.5.